The first-order chi connectivity index (χ1) is 14.6. The van der Waals surface area contributed by atoms with Crippen LogP contribution in [-0.4, -0.2) is 53.8 Å². The van der Waals surface area contributed by atoms with Gasteiger partial charge in [-0.05, 0) is 69.3 Å². The average molecular weight is 432 g/mol. The summed E-state index contributed by atoms with van der Waals surface area (Å²) in [7, 11) is 0. The molecule has 0 spiro atoms. The van der Waals surface area contributed by atoms with Crippen LogP contribution in [0.1, 0.15) is 69.4 Å². The van der Waals surface area contributed by atoms with Crippen molar-refractivity contribution in [2.45, 2.75) is 69.9 Å². The van der Waals surface area contributed by atoms with Crippen LogP contribution >= 0.6 is 11.6 Å². The van der Waals surface area contributed by atoms with Gasteiger partial charge in [-0.2, -0.15) is 0 Å². The fourth-order valence-corrected chi connectivity index (χ4v) is 5.63. The lowest BCUT2D eigenvalue weighted by molar-refractivity contribution is -0.142. The van der Waals surface area contributed by atoms with Crippen LogP contribution in [-0.2, 0) is 9.59 Å². The monoisotopic (exact) mass is 431 g/mol. The van der Waals surface area contributed by atoms with Crippen molar-refractivity contribution in [2.75, 3.05) is 26.2 Å². The van der Waals surface area contributed by atoms with E-state index in [0.29, 0.717) is 6.54 Å². The van der Waals surface area contributed by atoms with Gasteiger partial charge in [-0.1, -0.05) is 43.0 Å². The summed E-state index contributed by atoms with van der Waals surface area (Å²) in [5.41, 5.74) is 1.14. The second kappa shape index (κ2) is 10.1. The smallest absolute Gasteiger partial charge is 0.242 e. The van der Waals surface area contributed by atoms with Gasteiger partial charge < -0.3 is 10.2 Å². The number of nitrogens with zero attached hydrogens (tertiary/aromatic N) is 2. The molecular weight excluding hydrogens is 398 g/mol. The van der Waals surface area contributed by atoms with Gasteiger partial charge >= 0.3 is 0 Å². The molecule has 2 heterocycles. The fourth-order valence-electron chi connectivity index (χ4n) is 5.43. The van der Waals surface area contributed by atoms with Gasteiger partial charge in [0.15, 0.2) is 0 Å². The third-order valence-electron chi connectivity index (χ3n) is 7.08. The van der Waals surface area contributed by atoms with Gasteiger partial charge in [0.25, 0.3) is 0 Å². The highest BCUT2D eigenvalue weighted by atomic mass is 35.5. The summed E-state index contributed by atoms with van der Waals surface area (Å²) in [6.07, 6.45) is 9.54. The standard InChI is InChI=1S/C24H34ClN3O2/c25-20-11-6-10-19(16-20)22(27-13-4-5-14-27)17-26-23(29)21-12-7-15-28(21)24(30)18-8-2-1-3-9-18/h6,10-11,16,18,21-22H,1-5,7-9,12-15,17H2,(H,26,29)/t21-,22-/m0/s1. The number of benzene rings is 1. The topological polar surface area (TPSA) is 52.7 Å². The third-order valence-corrected chi connectivity index (χ3v) is 7.31. The Morgan fingerprint density at radius 2 is 1.77 bits per heavy atom. The number of nitrogens with one attached hydrogen (secondary N) is 1. The highest BCUT2D eigenvalue weighted by Gasteiger charge is 2.37. The Kier molecular flexibility index (Phi) is 7.32. The van der Waals surface area contributed by atoms with Crippen LogP contribution in [0.15, 0.2) is 24.3 Å². The van der Waals surface area contributed by atoms with Crippen LogP contribution in [0.4, 0.5) is 0 Å². The van der Waals surface area contributed by atoms with Crippen molar-refractivity contribution >= 4 is 23.4 Å². The first-order valence-corrected chi connectivity index (χ1v) is 12.1. The van der Waals surface area contributed by atoms with Gasteiger partial charge in [0, 0.05) is 24.0 Å². The summed E-state index contributed by atoms with van der Waals surface area (Å²) in [4.78, 5) is 30.5. The molecule has 2 saturated heterocycles. The Labute approximate surface area is 185 Å². The van der Waals surface area contributed by atoms with Gasteiger partial charge in [-0.15, -0.1) is 0 Å². The van der Waals surface area contributed by atoms with Crippen LogP contribution in [0.5, 0.6) is 0 Å². The second-order valence-electron chi connectivity index (χ2n) is 9.08. The minimum Gasteiger partial charge on any atom is -0.352 e. The SMILES string of the molecule is O=C(NC[C@@H](c1cccc(Cl)c1)N1CCCC1)[C@@H]1CCCN1C(=O)C1CCCCC1. The first-order valence-electron chi connectivity index (χ1n) is 11.7. The molecule has 0 bridgehead atoms. The normalized spacial score (nSPS) is 24.2. The summed E-state index contributed by atoms with van der Waals surface area (Å²) < 4.78 is 0. The number of hydrogen-bond donors (Lipinski definition) is 1. The van der Waals surface area contributed by atoms with Crippen LogP contribution in [0, 0.1) is 5.92 Å². The van der Waals surface area contributed by atoms with E-state index in [2.05, 4.69) is 16.3 Å². The van der Waals surface area contributed by atoms with E-state index >= 15 is 0 Å². The van der Waals surface area contributed by atoms with Crippen LogP contribution < -0.4 is 5.32 Å². The van der Waals surface area contributed by atoms with Gasteiger partial charge in [-0.3, -0.25) is 14.5 Å². The number of rotatable bonds is 6. The van der Waals surface area contributed by atoms with E-state index in [4.69, 9.17) is 11.6 Å². The summed E-state index contributed by atoms with van der Waals surface area (Å²) in [6, 6.07) is 7.78. The summed E-state index contributed by atoms with van der Waals surface area (Å²) in [5.74, 6) is 0.331. The molecule has 164 valence electrons. The van der Waals surface area contributed by atoms with Gasteiger partial charge in [0.1, 0.15) is 6.04 Å². The van der Waals surface area contributed by atoms with Crippen LogP contribution in [0.2, 0.25) is 5.02 Å². The molecule has 0 radical (unpaired) electrons. The van der Waals surface area contributed by atoms with Crippen molar-refractivity contribution in [2.24, 2.45) is 5.92 Å². The second-order valence-corrected chi connectivity index (χ2v) is 9.52. The van der Waals surface area contributed by atoms with Crippen LogP contribution in [0.25, 0.3) is 0 Å². The summed E-state index contributed by atoms with van der Waals surface area (Å²) in [5, 5.41) is 3.91. The lowest BCUT2D eigenvalue weighted by atomic mass is 9.88. The van der Waals surface area contributed by atoms with E-state index in [1.54, 1.807) is 0 Å². The Morgan fingerprint density at radius 3 is 2.50 bits per heavy atom. The fraction of sp³-hybridized carbons (Fsp3) is 0.667. The molecule has 3 fully saturated rings. The first kappa shape index (κ1) is 21.6. The number of carbonyl (C=O) groups is 2. The number of carbonyl (C=O) groups excluding carboxylic acids is 2. The maximum Gasteiger partial charge on any atom is 0.242 e. The Hall–Kier alpha value is -1.59. The molecule has 30 heavy (non-hydrogen) atoms. The molecule has 5 nitrogen and oxygen atoms in total. The zero-order valence-corrected chi connectivity index (χ0v) is 18.6. The molecule has 6 heteroatoms. The lowest BCUT2D eigenvalue weighted by Gasteiger charge is -2.32. The van der Waals surface area contributed by atoms with E-state index < -0.39 is 0 Å². The Balaban J connectivity index is 1.40. The van der Waals surface area contributed by atoms with Gasteiger partial charge in [-0.25, -0.2) is 0 Å². The highest BCUT2D eigenvalue weighted by Crippen LogP contribution is 2.30. The minimum absolute atomic E-state index is 0.00267. The largest absolute Gasteiger partial charge is 0.352 e. The molecule has 0 unspecified atom stereocenters. The molecule has 1 aliphatic carbocycles. The van der Waals surface area contributed by atoms with Crippen molar-refractivity contribution in [3.8, 4) is 0 Å². The predicted octanol–water partition coefficient (Wildman–Crippen LogP) is 4.16. The maximum absolute atomic E-state index is 13.1. The molecule has 1 N–H and O–H groups in total. The van der Waals surface area contributed by atoms with Crippen molar-refractivity contribution in [1.29, 1.82) is 0 Å². The molecule has 2 amide bonds. The highest BCUT2D eigenvalue weighted by molar-refractivity contribution is 6.30. The van der Waals surface area contributed by atoms with E-state index in [1.807, 2.05) is 23.1 Å². The van der Waals surface area contributed by atoms with Gasteiger partial charge in [0.2, 0.25) is 11.8 Å². The van der Waals surface area contributed by atoms with E-state index in [9.17, 15) is 9.59 Å². The van der Waals surface area contributed by atoms with E-state index in [-0.39, 0.29) is 29.8 Å². The number of amides is 2. The molecule has 3 aliphatic rings. The third kappa shape index (κ3) is 5.00. The molecule has 4 rings (SSSR count). The number of likely N-dealkylation sites (tertiary alicyclic amines) is 2. The minimum atomic E-state index is -0.307. The average Bonchev–Trinajstić information content (AvgIpc) is 3.46. The quantitative estimate of drug-likeness (QED) is 0.735. The lowest BCUT2D eigenvalue weighted by Crippen LogP contribution is -2.49. The van der Waals surface area contributed by atoms with Gasteiger partial charge in [0.05, 0.1) is 6.04 Å². The molecule has 2 atom stereocenters. The zero-order valence-electron chi connectivity index (χ0n) is 17.8. The molecule has 1 saturated carbocycles. The Bertz CT molecular complexity index is 744. The van der Waals surface area contributed by atoms with E-state index in [0.717, 1.165) is 68.7 Å². The number of halogens is 1. The summed E-state index contributed by atoms with van der Waals surface area (Å²) in [6.45, 7) is 3.37. The summed E-state index contributed by atoms with van der Waals surface area (Å²) >= 11 is 6.24. The van der Waals surface area contributed by atoms with Crippen molar-refractivity contribution in [1.82, 2.24) is 15.1 Å². The molecule has 1 aromatic carbocycles. The van der Waals surface area contributed by atoms with Crippen molar-refractivity contribution in [3.05, 3.63) is 34.9 Å². The number of hydrogen-bond acceptors (Lipinski definition) is 3. The predicted molar refractivity (Wildman–Crippen MR) is 119 cm³/mol. The van der Waals surface area contributed by atoms with Crippen LogP contribution in [0.3, 0.4) is 0 Å². The van der Waals surface area contributed by atoms with Crippen molar-refractivity contribution in [3.63, 3.8) is 0 Å². The molecule has 2 aliphatic heterocycles. The Morgan fingerprint density at radius 1 is 1.00 bits per heavy atom. The maximum atomic E-state index is 13.1. The molecule has 1 aromatic rings. The van der Waals surface area contributed by atoms with Crippen molar-refractivity contribution < 1.29 is 9.59 Å². The molecular formula is C24H34ClN3O2. The zero-order chi connectivity index (χ0) is 20.9. The van der Waals surface area contributed by atoms with E-state index in [1.165, 1.54) is 19.3 Å². The molecule has 0 aromatic heterocycles.